The van der Waals surface area contributed by atoms with E-state index in [0.717, 1.165) is 29.0 Å². The number of aryl methyl sites for hydroxylation is 3. The average molecular weight is 238 g/mol. The zero-order chi connectivity index (χ0) is 11.5. The lowest BCUT2D eigenvalue weighted by atomic mass is 10.4. The Labute approximate surface area is 98.0 Å². The molecule has 0 radical (unpaired) electrons. The maximum absolute atomic E-state index is 5.52. The molecular weight excluding hydrogens is 224 g/mol. The topological polar surface area (TPSA) is 69.9 Å². The van der Waals surface area contributed by atoms with Crippen LogP contribution in [0.15, 0.2) is 21.9 Å². The fourth-order valence-electron chi connectivity index (χ4n) is 1.23. The highest BCUT2D eigenvalue weighted by molar-refractivity contribution is 7.99. The number of hydrogen-bond donors (Lipinski definition) is 1. The molecular formula is C10H14N4OS. The maximum Gasteiger partial charge on any atom is 0.256 e. The van der Waals surface area contributed by atoms with Crippen molar-refractivity contribution in [1.29, 1.82) is 0 Å². The molecule has 2 aromatic heterocycles. The fourth-order valence-corrected chi connectivity index (χ4v) is 2.07. The van der Waals surface area contributed by atoms with Gasteiger partial charge >= 0.3 is 0 Å². The molecule has 2 heterocycles. The third-order valence-corrected chi connectivity index (χ3v) is 3.02. The summed E-state index contributed by atoms with van der Waals surface area (Å²) in [6.45, 7) is 4.65. The second-order valence-electron chi connectivity index (χ2n) is 3.47. The van der Waals surface area contributed by atoms with Crippen molar-refractivity contribution in [3.63, 3.8) is 0 Å². The summed E-state index contributed by atoms with van der Waals surface area (Å²) in [5.41, 5.74) is 6.46. The minimum Gasteiger partial charge on any atom is -0.437 e. The van der Waals surface area contributed by atoms with Gasteiger partial charge in [-0.1, -0.05) is 11.8 Å². The van der Waals surface area contributed by atoms with E-state index in [0.29, 0.717) is 5.82 Å². The number of nitrogens with two attached hydrogens (primary N) is 1. The van der Waals surface area contributed by atoms with Crippen molar-refractivity contribution in [3.05, 3.63) is 23.7 Å². The number of hydrogen-bond acceptors (Lipinski definition) is 5. The molecule has 0 atom stereocenters. The lowest BCUT2D eigenvalue weighted by Gasteiger charge is -1.98. The van der Waals surface area contributed by atoms with Crippen molar-refractivity contribution in [3.8, 4) is 0 Å². The number of nitrogen functional groups attached to an aromatic ring is 1. The first kappa shape index (κ1) is 11.1. The van der Waals surface area contributed by atoms with Crippen LogP contribution in [0.4, 0.5) is 5.82 Å². The zero-order valence-electron chi connectivity index (χ0n) is 9.30. The molecule has 0 unspecified atom stereocenters. The molecule has 0 fully saturated rings. The van der Waals surface area contributed by atoms with Gasteiger partial charge in [-0.15, -0.1) is 0 Å². The van der Waals surface area contributed by atoms with Gasteiger partial charge in [0.1, 0.15) is 11.6 Å². The highest BCUT2D eigenvalue weighted by Crippen LogP contribution is 2.20. The molecule has 5 nitrogen and oxygen atoms in total. The predicted octanol–water partition coefficient (Wildman–Crippen LogP) is 1.86. The van der Waals surface area contributed by atoms with Crippen LogP contribution >= 0.6 is 11.8 Å². The predicted molar refractivity (Wildman–Crippen MR) is 63.3 cm³/mol. The quantitative estimate of drug-likeness (QED) is 0.823. The molecule has 0 spiro atoms. The van der Waals surface area contributed by atoms with E-state index >= 15 is 0 Å². The largest absolute Gasteiger partial charge is 0.437 e. The first-order valence-corrected chi connectivity index (χ1v) is 5.99. The summed E-state index contributed by atoms with van der Waals surface area (Å²) >= 11 is 1.58. The number of thioether (sulfide) groups is 1. The van der Waals surface area contributed by atoms with Crippen LogP contribution in [-0.2, 0) is 6.54 Å². The van der Waals surface area contributed by atoms with Gasteiger partial charge in [-0.2, -0.15) is 5.10 Å². The third kappa shape index (κ3) is 2.57. The number of rotatable bonds is 4. The van der Waals surface area contributed by atoms with Crippen LogP contribution in [0.25, 0.3) is 0 Å². The number of nitrogens with zero attached hydrogens (tertiary/aromatic N) is 3. The summed E-state index contributed by atoms with van der Waals surface area (Å²) in [7, 11) is 0. The Balaban J connectivity index is 1.84. The van der Waals surface area contributed by atoms with E-state index in [4.69, 9.17) is 10.2 Å². The summed E-state index contributed by atoms with van der Waals surface area (Å²) < 4.78 is 7.27. The molecule has 0 amide bonds. The van der Waals surface area contributed by atoms with Crippen LogP contribution in [-0.4, -0.2) is 20.5 Å². The minimum absolute atomic E-state index is 0.549. The van der Waals surface area contributed by atoms with E-state index in [1.54, 1.807) is 17.8 Å². The highest BCUT2D eigenvalue weighted by Gasteiger charge is 2.05. The smallest absolute Gasteiger partial charge is 0.256 e. The molecule has 0 aliphatic carbocycles. The maximum atomic E-state index is 5.52. The number of anilines is 1. The van der Waals surface area contributed by atoms with Gasteiger partial charge in [0.25, 0.3) is 5.22 Å². The Kier molecular flexibility index (Phi) is 3.19. The van der Waals surface area contributed by atoms with Crippen LogP contribution < -0.4 is 5.73 Å². The molecule has 6 heteroatoms. The highest BCUT2D eigenvalue weighted by atomic mass is 32.2. The van der Waals surface area contributed by atoms with Gasteiger partial charge in [-0.05, 0) is 19.9 Å². The standard InChI is InChI=1S/C10H14N4OS/c1-7-8(2)15-10(12-7)16-6-5-14-4-3-9(11)13-14/h3-4H,5-6H2,1-2H3,(H2,11,13). The Morgan fingerprint density at radius 1 is 1.50 bits per heavy atom. The Morgan fingerprint density at radius 3 is 2.88 bits per heavy atom. The molecule has 0 bridgehead atoms. The normalized spacial score (nSPS) is 10.9. The van der Waals surface area contributed by atoms with Gasteiger partial charge in [0, 0.05) is 11.9 Å². The van der Waals surface area contributed by atoms with Crippen molar-refractivity contribution in [2.45, 2.75) is 25.6 Å². The summed E-state index contributed by atoms with van der Waals surface area (Å²) in [5, 5.41) is 4.81. The summed E-state index contributed by atoms with van der Waals surface area (Å²) in [4.78, 5) is 4.29. The summed E-state index contributed by atoms with van der Waals surface area (Å²) in [6, 6.07) is 1.78. The molecule has 2 aromatic rings. The van der Waals surface area contributed by atoms with Crippen LogP contribution in [0.3, 0.4) is 0 Å². The van der Waals surface area contributed by atoms with Gasteiger partial charge in [0.2, 0.25) is 0 Å². The molecule has 0 aromatic carbocycles. The molecule has 0 aliphatic heterocycles. The van der Waals surface area contributed by atoms with Crippen LogP contribution in [0.5, 0.6) is 0 Å². The van der Waals surface area contributed by atoms with Gasteiger partial charge in [-0.25, -0.2) is 4.98 Å². The van der Waals surface area contributed by atoms with E-state index in [2.05, 4.69) is 10.1 Å². The Hall–Kier alpha value is -1.43. The van der Waals surface area contributed by atoms with Crippen molar-refractivity contribution in [1.82, 2.24) is 14.8 Å². The number of aromatic nitrogens is 3. The minimum atomic E-state index is 0.549. The van der Waals surface area contributed by atoms with Gasteiger partial charge < -0.3 is 10.2 Å². The molecule has 2 N–H and O–H groups in total. The zero-order valence-corrected chi connectivity index (χ0v) is 10.1. The van der Waals surface area contributed by atoms with Gasteiger partial charge in [-0.3, -0.25) is 4.68 Å². The second-order valence-corrected chi connectivity index (χ2v) is 4.52. The summed E-state index contributed by atoms with van der Waals surface area (Å²) in [6.07, 6.45) is 1.86. The van der Waals surface area contributed by atoms with Crippen molar-refractivity contribution in [2.75, 3.05) is 11.5 Å². The van der Waals surface area contributed by atoms with E-state index < -0.39 is 0 Å². The first-order chi connectivity index (χ1) is 7.65. The Morgan fingerprint density at radius 2 is 2.31 bits per heavy atom. The van der Waals surface area contributed by atoms with Crippen molar-refractivity contribution < 1.29 is 4.42 Å². The van der Waals surface area contributed by atoms with Crippen LogP contribution in [0.1, 0.15) is 11.5 Å². The van der Waals surface area contributed by atoms with Gasteiger partial charge in [0.05, 0.1) is 12.2 Å². The molecule has 0 saturated heterocycles. The molecule has 86 valence electrons. The molecule has 16 heavy (non-hydrogen) atoms. The van der Waals surface area contributed by atoms with Crippen LogP contribution in [0.2, 0.25) is 0 Å². The van der Waals surface area contributed by atoms with Crippen molar-refractivity contribution in [2.24, 2.45) is 0 Å². The Bertz CT molecular complexity index is 457. The molecule has 2 rings (SSSR count). The molecule has 0 aliphatic rings. The average Bonchev–Trinajstić information content (AvgIpc) is 2.75. The van der Waals surface area contributed by atoms with Gasteiger partial charge in [0.15, 0.2) is 0 Å². The fraction of sp³-hybridized carbons (Fsp3) is 0.400. The van der Waals surface area contributed by atoms with E-state index in [1.165, 1.54) is 0 Å². The monoisotopic (exact) mass is 238 g/mol. The third-order valence-electron chi connectivity index (χ3n) is 2.22. The number of oxazole rings is 1. The molecule has 0 saturated carbocycles. The first-order valence-electron chi connectivity index (χ1n) is 5.01. The lowest BCUT2D eigenvalue weighted by Crippen LogP contribution is -2.01. The van der Waals surface area contributed by atoms with Crippen LogP contribution in [0, 0.1) is 13.8 Å². The lowest BCUT2D eigenvalue weighted by molar-refractivity contribution is 0.431. The van der Waals surface area contributed by atoms with E-state index in [-0.39, 0.29) is 0 Å². The summed E-state index contributed by atoms with van der Waals surface area (Å²) in [5.74, 6) is 2.29. The van der Waals surface area contributed by atoms with E-state index in [1.807, 2.05) is 24.7 Å². The van der Waals surface area contributed by atoms with Crippen molar-refractivity contribution >= 4 is 17.6 Å². The second kappa shape index (κ2) is 4.61. The SMILES string of the molecule is Cc1nc(SCCn2ccc(N)n2)oc1C. The van der Waals surface area contributed by atoms with E-state index in [9.17, 15) is 0 Å².